The number of alkyl carbamates (subject to hydrolysis) is 1. The summed E-state index contributed by atoms with van der Waals surface area (Å²) in [4.78, 5) is 43.7. The van der Waals surface area contributed by atoms with Gasteiger partial charge in [0.1, 0.15) is 23.2 Å². The van der Waals surface area contributed by atoms with Crippen molar-refractivity contribution in [2.24, 2.45) is 5.92 Å². The van der Waals surface area contributed by atoms with E-state index in [2.05, 4.69) is 25.8 Å². The summed E-state index contributed by atoms with van der Waals surface area (Å²) < 4.78 is 55.5. The maximum atomic E-state index is 14.7. The Hall–Kier alpha value is -4.37. The van der Waals surface area contributed by atoms with Gasteiger partial charge in [-0.05, 0) is 52.5 Å². The van der Waals surface area contributed by atoms with Crippen LogP contribution in [0.25, 0.3) is 5.65 Å². The van der Waals surface area contributed by atoms with Gasteiger partial charge < -0.3 is 25.0 Å². The highest BCUT2D eigenvalue weighted by molar-refractivity contribution is 6.08. The molecule has 1 saturated carbocycles. The first-order valence-corrected chi connectivity index (χ1v) is 14.8. The number of rotatable bonds is 7. The Balaban J connectivity index is 1.31. The van der Waals surface area contributed by atoms with Crippen LogP contribution in [0.1, 0.15) is 81.4 Å². The van der Waals surface area contributed by atoms with Crippen LogP contribution in [0, 0.1) is 5.92 Å². The van der Waals surface area contributed by atoms with Gasteiger partial charge in [-0.2, -0.15) is 10.2 Å². The molecule has 1 aliphatic carbocycles. The van der Waals surface area contributed by atoms with Crippen molar-refractivity contribution in [3.8, 4) is 0 Å². The number of carbonyl (C=O) groups excluding carboxylic acids is 3. The fraction of sp³-hybridized carbons (Fsp3) is 0.586. The van der Waals surface area contributed by atoms with Crippen LogP contribution in [0.2, 0.25) is 0 Å². The molecule has 0 bridgehead atoms. The molecule has 0 spiro atoms. The van der Waals surface area contributed by atoms with Gasteiger partial charge in [-0.25, -0.2) is 27.5 Å². The minimum absolute atomic E-state index is 0.0145. The summed E-state index contributed by atoms with van der Waals surface area (Å²) in [6.07, 6.45) is 1.61. The van der Waals surface area contributed by atoms with E-state index in [1.165, 1.54) is 28.7 Å². The Morgan fingerprint density at radius 1 is 1.11 bits per heavy atom. The number of anilines is 2. The molecular formula is C29H37F3N8O5. The molecule has 13 nitrogen and oxygen atoms in total. The number of aromatic nitrogens is 5. The fourth-order valence-corrected chi connectivity index (χ4v) is 5.78. The summed E-state index contributed by atoms with van der Waals surface area (Å²) in [6, 6.07) is 0.847. The Bertz CT molecular complexity index is 1550. The summed E-state index contributed by atoms with van der Waals surface area (Å²) in [5, 5.41) is 13.5. The number of esters is 1. The van der Waals surface area contributed by atoms with Gasteiger partial charge in [0.2, 0.25) is 0 Å². The number of alkyl halides is 3. The Morgan fingerprint density at radius 3 is 2.51 bits per heavy atom. The van der Waals surface area contributed by atoms with E-state index in [-0.39, 0.29) is 54.3 Å². The smallest absolute Gasteiger partial charge is 0.407 e. The van der Waals surface area contributed by atoms with E-state index in [4.69, 9.17) is 9.47 Å². The molecule has 244 valence electrons. The van der Waals surface area contributed by atoms with Gasteiger partial charge in [-0.15, -0.1) is 0 Å². The maximum Gasteiger partial charge on any atom is 0.407 e. The van der Waals surface area contributed by atoms with Crippen LogP contribution in [0.4, 0.5) is 29.5 Å². The van der Waals surface area contributed by atoms with E-state index in [1.54, 1.807) is 37.9 Å². The molecule has 1 aliphatic heterocycles. The van der Waals surface area contributed by atoms with Gasteiger partial charge in [0, 0.05) is 25.4 Å². The molecule has 0 unspecified atom stereocenters. The number of hydrogen-bond acceptors (Lipinski definition) is 9. The molecule has 3 aromatic heterocycles. The number of nitrogens with zero attached hydrogens (tertiary/aromatic N) is 6. The summed E-state index contributed by atoms with van der Waals surface area (Å²) in [5.74, 6) is -0.908. The Morgan fingerprint density at radius 2 is 1.84 bits per heavy atom. The molecule has 2 N–H and O–H groups in total. The quantitative estimate of drug-likeness (QED) is 0.360. The van der Waals surface area contributed by atoms with Gasteiger partial charge in [0.25, 0.3) is 12.3 Å². The van der Waals surface area contributed by atoms with Gasteiger partial charge >= 0.3 is 12.1 Å². The molecule has 0 radical (unpaired) electrons. The normalized spacial score (nSPS) is 22.4. The van der Waals surface area contributed by atoms with E-state index < -0.39 is 41.9 Å². The summed E-state index contributed by atoms with van der Waals surface area (Å²) in [6.45, 7) is 5.46. The van der Waals surface area contributed by atoms with Crippen LogP contribution in [-0.4, -0.2) is 80.4 Å². The first kappa shape index (κ1) is 32.0. The summed E-state index contributed by atoms with van der Waals surface area (Å²) in [5.41, 5.74) is -1.28. The van der Waals surface area contributed by atoms with E-state index in [9.17, 15) is 27.6 Å². The number of nitrogens with one attached hydrogen (secondary N) is 2. The van der Waals surface area contributed by atoms with Gasteiger partial charge in [-0.1, -0.05) is 0 Å². The minimum Gasteiger partial charge on any atom is -0.469 e. The molecule has 0 aromatic carbocycles. The minimum atomic E-state index is -2.95. The van der Waals surface area contributed by atoms with Crippen LogP contribution >= 0.6 is 0 Å². The molecule has 2 fully saturated rings. The third kappa shape index (κ3) is 7.48. The van der Waals surface area contributed by atoms with E-state index in [0.29, 0.717) is 31.5 Å². The lowest BCUT2D eigenvalue weighted by atomic mass is 9.86. The van der Waals surface area contributed by atoms with Crippen LogP contribution in [-0.2, 0) is 14.3 Å². The molecule has 2 atom stereocenters. The predicted molar refractivity (Wildman–Crippen MR) is 156 cm³/mol. The van der Waals surface area contributed by atoms with Gasteiger partial charge in [0.15, 0.2) is 11.3 Å². The molecule has 45 heavy (non-hydrogen) atoms. The van der Waals surface area contributed by atoms with Crippen molar-refractivity contribution in [1.29, 1.82) is 0 Å². The largest absolute Gasteiger partial charge is 0.469 e. The molecule has 16 heteroatoms. The summed E-state index contributed by atoms with van der Waals surface area (Å²) >= 11 is 0. The number of carbonyl (C=O) groups is 3. The molecule has 3 aromatic rings. The molecule has 4 heterocycles. The third-order valence-corrected chi connectivity index (χ3v) is 7.86. The van der Waals surface area contributed by atoms with Crippen LogP contribution < -0.4 is 15.5 Å². The van der Waals surface area contributed by atoms with Crippen molar-refractivity contribution in [1.82, 2.24) is 29.7 Å². The summed E-state index contributed by atoms with van der Waals surface area (Å²) in [7, 11) is 1.33. The van der Waals surface area contributed by atoms with Crippen molar-refractivity contribution >= 4 is 35.1 Å². The molecular weight excluding hydrogens is 597 g/mol. The first-order valence-electron chi connectivity index (χ1n) is 14.8. The maximum absolute atomic E-state index is 14.7. The van der Waals surface area contributed by atoms with Crippen molar-refractivity contribution in [3.05, 3.63) is 35.9 Å². The molecule has 1 saturated heterocycles. The number of ether oxygens (including phenoxy) is 2. The lowest BCUT2D eigenvalue weighted by molar-refractivity contribution is -0.146. The number of amides is 2. The van der Waals surface area contributed by atoms with Crippen molar-refractivity contribution in [2.45, 2.75) is 83.2 Å². The standard InChI is InChI=1S/C29H37F3N8O5/c1-29(2,3)45-28(43)34-18-11-17(30)13-38(14-18)22-9-10-39-25(36-22)20(12-33-39)26(41)35-21-15-40(37-23(21)24(31)32)19-7-5-16(6-8-19)27(42)44-4/h9-10,12,15-19,24H,5-8,11,13-14H2,1-4H3,(H,34,43)(H,35,41)/t16?,17-,18-,19?/m1/s1. The molecule has 2 aliphatic rings. The van der Waals surface area contributed by atoms with Crippen molar-refractivity contribution in [3.63, 3.8) is 0 Å². The van der Waals surface area contributed by atoms with Crippen LogP contribution in [0.15, 0.2) is 24.7 Å². The predicted octanol–water partition coefficient (Wildman–Crippen LogP) is 4.46. The van der Waals surface area contributed by atoms with E-state index >= 15 is 0 Å². The second kappa shape index (κ2) is 12.9. The lowest BCUT2D eigenvalue weighted by Crippen LogP contribution is -2.52. The highest BCUT2D eigenvalue weighted by Gasteiger charge is 2.32. The topological polar surface area (TPSA) is 145 Å². The Kier molecular flexibility index (Phi) is 9.20. The average Bonchev–Trinajstić information content (AvgIpc) is 3.60. The highest BCUT2D eigenvalue weighted by atomic mass is 19.3. The van der Waals surface area contributed by atoms with E-state index in [0.717, 1.165) is 0 Å². The van der Waals surface area contributed by atoms with Crippen LogP contribution in [0.3, 0.4) is 0 Å². The third-order valence-electron chi connectivity index (χ3n) is 7.86. The van der Waals surface area contributed by atoms with Gasteiger partial charge in [0.05, 0.1) is 43.5 Å². The fourth-order valence-electron chi connectivity index (χ4n) is 5.78. The van der Waals surface area contributed by atoms with Crippen LogP contribution in [0.5, 0.6) is 0 Å². The number of hydrogen-bond donors (Lipinski definition) is 2. The average molecular weight is 635 g/mol. The first-order chi connectivity index (χ1) is 21.3. The van der Waals surface area contributed by atoms with Gasteiger partial charge in [-0.3, -0.25) is 14.3 Å². The lowest BCUT2D eigenvalue weighted by Gasteiger charge is -2.36. The number of fused-ring (bicyclic) bond motifs is 1. The SMILES string of the molecule is COC(=O)C1CCC(n2cc(NC(=O)c3cnn4ccc(N5C[C@H](F)C[C@@H](NC(=O)OC(C)(C)C)C5)nc34)c(C(F)F)n2)CC1. The second-order valence-corrected chi connectivity index (χ2v) is 12.4. The Labute approximate surface area is 257 Å². The second-order valence-electron chi connectivity index (χ2n) is 12.4. The van der Waals surface area contributed by atoms with Crippen molar-refractivity contribution in [2.75, 3.05) is 30.4 Å². The zero-order chi connectivity index (χ0) is 32.5. The molecule has 2 amide bonds. The number of methoxy groups -OCH3 is 1. The number of piperidine rings is 1. The van der Waals surface area contributed by atoms with Crippen molar-refractivity contribution < 1.29 is 37.0 Å². The zero-order valence-electron chi connectivity index (χ0n) is 25.5. The zero-order valence-corrected chi connectivity index (χ0v) is 25.5. The highest BCUT2D eigenvalue weighted by Crippen LogP contribution is 2.35. The monoisotopic (exact) mass is 634 g/mol. The number of halogens is 3. The van der Waals surface area contributed by atoms with E-state index in [1.807, 2.05) is 0 Å². The molecule has 5 rings (SSSR count).